The van der Waals surface area contributed by atoms with Crippen molar-refractivity contribution < 1.29 is 13.9 Å². The smallest absolute Gasteiger partial charge is 0.246 e. The molecule has 1 aromatic heterocycles. The van der Waals surface area contributed by atoms with Crippen molar-refractivity contribution >= 4 is 33.5 Å². The van der Waals surface area contributed by atoms with Crippen molar-refractivity contribution in [1.82, 2.24) is 9.88 Å². The largest absolute Gasteiger partial charge is 0.494 e. The zero-order valence-corrected chi connectivity index (χ0v) is 16.4. The second-order valence-corrected chi connectivity index (χ2v) is 7.91. The Bertz CT molecular complexity index is 989. The van der Waals surface area contributed by atoms with E-state index < -0.39 is 5.82 Å². The summed E-state index contributed by atoms with van der Waals surface area (Å²) in [7, 11) is 1.43. The van der Waals surface area contributed by atoms with Crippen LogP contribution in [0.2, 0.25) is 0 Å². The molecule has 0 N–H and O–H groups in total. The molecule has 6 heteroatoms. The highest BCUT2D eigenvalue weighted by molar-refractivity contribution is 7.18. The number of carbonyl (C=O) groups excluding carboxylic acids is 1. The van der Waals surface area contributed by atoms with E-state index in [4.69, 9.17) is 9.72 Å². The number of nitrogens with zero attached hydrogens (tertiary/aromatic N) is 2. The first kappa shape index (κ1) is 18.6. The van der Waals surface area contributed by atoms with Gasteiger partial charge in [-0.1, -0.05) is 18.2 Å². The third kappa shape index (κ3) is 3.92. The fourth-order valence-corrected chi connectivity index (χ4v) is 4.61. The van der Waals surface area contributed by atoms with E-state index in [1.807, 2.05) is 23.1 Å². The maximum atomic E-state index is 13.8. The molecule has 1 aliphatic heterocycles. The van der Waals surface area contributed by atoms with Crippen LogP contribution in [-0.2, 0) is 4.79 Å². The molecule has 0 radical (unpaired) electrons. The first-order chi connectivity index (χ1) is 13.6. The molecule has 4 rings (SSSR count). The maximum Gasteiger partial charge on any atom is 0.246 e. The summed E-state index contributed by atoms with van der Waals surface area (Å²) in [5.74, 6) is 0.120. The van der Waals surface area contributed by atoms with Crippen LogP contribution in [0.5, 0.6) is 5.75 Å². The molecular weight excluding hydrogens is 375 g/mol. The van der Waals surface area contributed by atoms with E-state index in [0.717, 1.165) is 23.4 Å². The summed E-state index contributed by atoms with van der Waals surface area (Å²) in [5, 5.41) is 1.16. The van der Waals surface area contributed by atoms with Crippen molar-refractivity contribution in [3.8, 4) is 5.75 Å². The van der Waals surface area contributed by atoms with Gasteiger partial charge in [-0.05, 0) is 48.7 Å². The molecule has 0 saturated carbocycles. The summed E-state index contributed by atoms with van der Waals surface area (Å²) in [6, 6.07) is 12.8. The zero-order valence-electron chi connectivity index (χ0n) is 15.6. The molecule has 0 bridgehead atoms. The van der Waals surface area contributed by atoms with Crippen LogP contribution in [0.25, 0.3) is 16.3 Å². The van der Waals surface area contributed by atoms with Gasteiger partial charge in [-0.2, -0.15) is 0 Å². The molecule has 1 amide bonds. The fourth-order valence-electron chi connectivity index (χ4n) is 3.47. The van der Waals surface area contributed by atoms with E-state index in [9.17, 15) is 9.18 Å². The Kier molecular flexibility index (Phi) is 5.39. The second-order valence-electron chi connectivity index (χ2n) is 6.85. The number of thiazole rings is 1. The number of carbonyl (C=O) groups is 1. The minimum Gasteiger partial charge on any atom is -0.494 e. The summed E-state index contributed by atoms with van der Waals surface area (Å²) in [4.78, 5) is 19.1. The Morgan fingerprint density at radius 1 is 1.25 bits per heavy atom. The van der Waals surface area contributed by atoms with Crippen molar-refractivity contribution in [2.75, 3.05) is 20.2 Å². The standard InChI is InChI=1S/C22H21FN2O2S/c1-27-19-8-6-15(14-17(19)23)7-9-21(26)25-12-10-16(11-13-25)22-24-18-4-2-3-5-20(18)28-22/h2-9,14,16H,10-13H2,1H3/b9-7+. The van der Waals surface area contributed by atoms with Gasteiger partial charge in [-0.3, -0.25) is 4.79 Å². The highest BCUT2D eigenvalue weighted by Crippen LogP contribution is 2.33. The van der Waals surface area contributed by atoms with E-state index in [0.29, 0.717) is 24.6 Å². The third-order valence-corrected chi connectivity index (χ3v) is 6.26. The first-order valence-electron chi connectivity index (χ1n) is 9.30. The Hall–Kier alpha value is -2.73. The normalized spacial score (nSPS) is 15.4. The van der Waals surface area contributed by atoms with Gasteiger partial charge in [0, 0.05) is 25.1 Å². The fraction of sp³-hybridized carbons (Fsp3) is 0.273. The SMILES string of the molecule is COc1ccc(/C=C/C(=O)N2CCC(c3nc4ccccc4s3)CC2)cc1F. The lowest BCUT2D eigenvalue weighted by molar-refractivity contribution is -0.126. The number of piperidine rings is 1. The van der Waals surface area contributed by atoms with Crippen LogP contribution in [0.15, 0.2) is 48.5 Å². The number of para-hydroxylation sites is 1. The van der Waals surface area contributed by atoms with E-state index in [-0.39, 0.29) is 11.7 Å². The Balaban J connectivity index is 1.36. The number of hydrogen-bond donors (Lipinski definition) is 0. The van der Waals surface area contributed by atoms with Crippen LogP contribution in [0, 0.1) is 5.82 Å². The van der Waals surface area contributed by atoms with Crippen molar-refractivity contribution in [2.45, 2.75) is 18.8 Å². The number of rotatable bonds is 4. The van der Waals surface area contributed by atoms with Crippen LogP contribution in [0.3, 0.4) is 0 Å². The maximum absolute atomic E-state index is 13.8. The third-order valence-electron chi connectivity index (χ3n) is 5.06. The average molecular weight is 396 g/mol. The average Bonchev–Trinajstić information content (AvgIpc) is 3.16. The molecule has 1 aliphatic rings. The summed E-state index contributed by atoms with van der Waals surface area (Å²) in [6.07, 6.45) is 4.98. The van der Waals surface area contributed by atoms with Crippen LogP contribution in [0.1, 0.15) is 29.3 Å². The van der Waals surface area contributed by atoms with Crippen molar-refractivity contribution in [1.29, 1.82) is 0 Å². The van der Waals surface area contributed by atoms with Gasteiger partial charge in [0.2, 0.25) is 5.91 Å². The summed E-state index contributed by atoms with van der Waals surface area (Å²) in [5.41, 5.74) is 1.69. The van der Waals surface area contributed by atoms with E-state index >= 15 is 0 Å². The van der Waals surface area contributed by atoms with Crippen LogP contribution < -0.4 is 4.74 Å². The molecule has 0 spiro atoms. The quantitative estimate of drug-likeness (QED) is 0.591. The van der Waals surface area contributed by atoms with Gasteiger partial charge in [0.05, 0.1) is 22.3 Å². The highest BCUT2D eigenvalue weighted by Gasteiger charge is 2.25. The van der Waals surface area contributed by atoms with Gasteiger partial charge in [-0.25, -0.2) is 9.37 Å². The number of methoxy groups -OCH3 is 1. The molecule has 1 fully saturated rings. The van der Waals surface area contributed by atoms with E-state index in [1.54, 1.807) is 29.5 Å². The number of fused-ring (bicyclic) bond motifs is 1. The van der Waals surface area contributed by atoms with Crippen LogP contribution in [0.4, 0.5) is 4.39 Å². The number of amides is 1. The van der Waals surface area contributed by atoms with Crippen molar-refractivity contribution in [2.24, 2.45) is 0 Å². The molecule has 2 aromatic carbocycles. The van der Waals surface area contributed by atoms with E-state index in [1.165, 1.54) is 24.0 Å². The molecule has 0 aliphatic carbocycles. The lowest BCUT2D eigenvalue weighted by atomic mass is 9.97. The number of hydrogen-bond acceptors (Lipinski definition) is 4. The Morgan fingerprint density at radius 3 is 2.75 bits per heavy atom. The summed E-state index contributed by atoms with van der Waals surface area (Å²) < 4.78 is 19.9. The number of likely N-dealkylation sites (tertiary alicyclic amines) is 1. The zero-order chi connectivity index (χ0) is 19.5. The van der Waals surface area contributed by atoms with Crippen molar-refractivity contribution in [3.63, 3.8) is 0 Å². The van der Waals surface area contributed by atoms with Gasteiger partial charge in [0.25, 0.3) is 0 Å². The molecular formula is C22H21FN2O2S. The molecule has 3 aromatic rings. The highest BCUT2D eigenvalue weighted by atomic mass is 32.1. The number of benzene rings is 2. The minimum absolute atomic E-state index is 0.0426. The summed E-state index contributed by atoms with van der Waals surface area (Å²) in [6.45, 7) is 1.42. The minimum atomic E-state index is -0.436. The molecule has 144 valence electrons. The molecule has 1 saturated heterocycles. The lowest BCUT2D eigenvalue weighted by Crippen LogP contribution is -2.36. The lowest BCUT2D eigenvalue weighted by Gasteiger charge is -2.30. The molecule has 0 unspecified atom stereocenters. The molecule has 4 nitrogen and oxygen atoms in total. The number of aromatic nitrogens is 1. The van der Waals surface area contributed by atoms with Gasteiger partial charge in [0.15, 0.2) is 11.6 Å². The Labute approximate surface area is 167 Å². The number of ether oxygens (including phenoxy) is 1. The van der Waals surface area contributed by atoms with Gasteiger partial charge >= 0.3 is 0 Å². The summed E-state index contributed by atoms with van der Waals surface area (Å²) >= 11 is 1.75. The molecule has 0 atom stereocenters. The monoisotopic (exact) mass is 396 g/mol. The predicted octanol–water partition coefficient (Wildman–Crippen LogP) is 4.86. The predicted molar refractivity (Wildman–Crippen MR) is 110 cm³/mol. The molecule has 28 heavy (non-hydrogen) atoms. The second kappa shape index (κ2) is 8.10. The Morgan fingerprint density at radius 2 is 2.04 bits per heavy atom. The van der Waals surface area contributed by atoms with E-state index in [2.05, 4.69) is 6.07 Å². The topological polar surface area (TPSA) is 42.4 Å². The molecule has 2 heterocycles. The van der Waals surface area contributed by atoms with Crippen LogP contribution in [-0.4, -0.2) is 36.0 Å². The van der Waals surface area contributed by atoms with Gasteiger partial charge < -0.3 is 9.64 Å². The first-order valence-corrected chi connectivity index (χ1v) is 10.1. The van der Waals surface area contributed by atoms with Gasteiger partial charge in [0.1, 0.15) is 0 Å². The van der Waals surface area contributed by atoms with Gasteiger partial charge in [-0.15, -0.1) is 11.3 Å². The van der Waals surface area contributed by atoms with Crippen molar-refractivity contribution in [3.05, 3.63) is 64.9 Å². The van der Waals surface area contributed by atoms with Crippen LogP contribution >= 0.6 is 11.3 Å². The number of halogens is 1.